The summed E-state index contributed by atoms with van der Waals surface area (Å²) in [5.41, 5.74) is 1.13. The van der Waals surface area contributed by atoms with Gasteiger partial charge in [0.2, 0.25) is 0 Å². The van der Waals surface area contributed by atoms with Gasteiger partial charge in [0.05, 0.1) is 0 Å². The van der Waals surface area contributed by atoms with Crippen LogP contribution in [0.25, 0.3) is 0 Å². The van der Waals surface area contributed by atoms with Crippen LogP contribution >= 0.6 is 0 Å². The van der Waals surface area contributed by atoms with Crippen LogP contribution in [-0.4, -0.2) is 6.54 Å². The number of hydrogen-bond acceptors (Lipinski definition) is 1. The van der Waals surface area contributed by atoms with E-state index in [1.807, 2.05) is 30.3 Å². The minimum absolute atomic E-state index is 0.773. The minimum atomic E-state index is 0.773. The van der Waals surface area contributed by atoms with E-state index >= 15 is 0 Å². The minimum Gasteiger partial charge on any atom is -0.384 e. The van der Waals surface area contributed by atoms with Gasteiger partial charge in [-0.2, -0.15) is 0 Å². The first-order valence-corrected chi connectivity index (χ1v) is 3.66. The Morgan fingerprint density at radius 1 is 1.27 bits per heavy atom. The van der Waals surface area contributed by atoms with Gasteiger partial charge in [0, 0.05) is 18.7 Å². The van der Waals surface area contributed by atoms with Crippen molar-refractivity contribution in [3.05, 3.63) is 30.3 Å². The average Bonchev–Trinajstić information content (AvgIpc) is 2.07. The molecule has 1 nitrogen and oxygen atoms in total. The van der Waals surface area contributed by atoms with Crippen molar-refractivity contribution in [1.82, 2.24) is 0 Å². The van der Waals surface area contributed by atoms with Crippen molar-refractivity contribution in [1.29, 1.82) is 0 Å². The lowest BCUT2D eigenvalue weighted by atomic mass is 10.3. The molecule has 0 aliphatic heterocycles. The highest BCUT2D eigenvalue weighted by atomic mass is 14.9. The van der Waals surface area contributed by atoms with Gasteiger partial charge in [-0.3, -0.25) is 0 Å². The van der Waals surface area contributed by atoms with Gasteiger partial charge >= 0.3 is 0 Å². The molecular weight excluding hydrogens is 134 g/mol. The van der Waals surface area contributed by atoms with Crippen molar-refractivity contribution in [2.75, 3.05) is 11.9 Å². The van der Waals surface area contributed by atoms with Gasteiger partial charge < -0.3 is 5.32 Å². The third kappa shape index (κ3) is 2.77. The van der Waals surface area contributed by atoms with E-state index in [0.29, 0.717) is 0 Å². The average molecular weight is 145 g/mol. The SMILES string of the molecule is C#CCCNc1ccccc1. The molecule has 0 atom stereocenters. The molecule has 0 amide bonds. The summed E-state index contributed by atoms with van der Waals surface area (Å²) in [7, 11) is 0. The van der Waals surface area contributed by atoms with Gasteiger partial charge in [-0.15, -0.1) is 12.3 Å². The molecule has 0 radical (unpaired) electrons. The molecule has 0 fully saturated rings. The molecule has 0 unspecified atom stereocenters. The molecule has 0 saturated carbocycles. The second-order valence-corrected chi connectivity index (χ2v) is 2.25. The van der Waals surface area contributed by atoms with Crippen LogP contribution in [0.3, 0.4) is 0 Å². The molecule has 1 rings (SSSR count). The van der Waals surface area contributed by atoms with Crippen LogP contribution in [0.4, 0.5) is 5.69 Å². The second-order valence-electron chi connectivity index (χ2n) is 2.25. The Morgan fingerprint density at radius 3 is 2.64 bits per heavy atom. The van der Waals surface area contributed by atoms with E-state index < -0.39 is 0 Å². The number of para-hydroxylation sites is 1. The van der Waals surface area contributed by atoms with Crippen LogP contribution < -0.4 is 5.32 Å². The van der Waals surface area contributed by atoms with Crippen molar-refractivity contribution < 1.29 is 0 Å². The summed E-state index contributed by atoms with van der Waals surface area (Å²) in [5, 5.41) is 3.20. The molecule has 1 aromatic rings. The Kier molecular flexibility index (Phi) is 3.08. The lowest BCUT2D eigenvalue weighted by molar-refractivity contribution is 1.10. The number of anilines is 1. The van der Waals surface area contributed by atoms with E-state index in [2.05, 4.69) is 11.2 Å². The maximum absolute atomic E-state index is 5.10. The smallest absolute Gasteiger partial charge is 0.0340 e. The Bertz CT molecular complexity index is 233. The molecule has 11 heavy (non-hydrogen) atoms. The third-order valence-electron chi connectivity index (χ3n) is 1.37. The molecule has 0 spiro atoms. The molecule has 1 aromatic carbocycles. The van der Waals surface area contributed by atoms with Crippen LogP contribution in [0.15, 0.2) is 30.3 Å². The highest BCUT2D eigenvalue weighted by Gasteiger charge is 1.85. The summed E-state index contributed by atoms with van der Waals surface area (Å²) in [6, 6.07) is 10.0. The van der Waals surface area contributed by atoms with Crippen molar-refractivity contribution in [2.24, 2.45) is 0 Å². The van der Waals surface area contributed by atoms with Gasteiger partial charge in [0.25, 0.3) is 0 Å². The first kappa shape index (κ1) is 7.68. The van der Waals surface area contributed by atoms with E-state index in [4.69, 9.17) is 6.42 Å². The number of rotatable bonds is 3. The highest BCUT2D eigenvalue weighted by Crippen LogP contribution is 2.03. The highest BCUT2D eigenvalue weighted by molar-refractivity contribution is 5.42. The van der Waals surface area contributed by atoms with Gasteiger partial charge in [-0.1, -0.05) is 18.2 Å². The summed E-state index contributed by atoms with van der Waals surface area (Å²) in [6.45, 7) is 0.848. The van der Waals surface area contributed by atoms with Crippen LogP contribution in [0.1, 0.15) is 6.42 Å². The zero-order valence-corrected chi connectivity index (χ0v) is 6.38. The first-order chi connectivity index (χ1) is 5.43. The largest absolute Gasteiger partial charge is 0.384 e. The number of benzene rings is 1. The summed E-state index contributed by atoms with van der Waals surface area (Å²) >= 11 is 0. The van der Waals surface area contributed by atoms with Gasteiger partial charge in [0.15, 0.2) is 0 Å². The van der Waals surface area contributed by atoms with Crippen LogP contribution in [0, 0.1) is 12.3 Å². The van der Waals surface area contributed by atoms with Gasteiger partial charge in [-0.05, 0) is 12.1 Å². The summed E-state index contributed by atoms with van der Waals surface area (Å²) in [4.78, 5) is 0. The Hall–Kier alpha value is -1.42. The van der Waals surface area contributed by atoms with Crippen LogP contribution in [0.5, 0.6) is 0 Å². The Morgan fingerprint density at radius 2 is 2.00 bits per heavy atom. The van der Waals surface area contributed by atoms with Crippen LogP contribution in [-0.2, 0) is 0 Å². The second kappa shape index (κ2) is 4.40. The predicted octanol–water partition coefficient (Wildman–Crippen LogP) is 2.12. The van der Waals surface area contributed by atoms with E-state index in [1.54, 1.807) is 0 Å². The van der Waals surface area contributed by atoms with E-state index in [9.17, 15) is 0 Å². The lowest BCUT2D eigenvalue weighted by Gasteiger charge is -2.01. The molecule has 0 aromatic heterocycles. The van der Waals surface area contributed by atoms with Crippen LogP contribution in [0.2, 0.25) is 0 Å². The molecular formula is C10H11N. The fourth-order valence-electron chi connectivity index (χ4n) is 0.835. The summed E-state index contributed by atoms with van der Waals surface area (Å²) in [6.07, 6.45) is 5.88. The number of nitrogens with one attached hydrogen (secondary N) is 1. The summed E-state index contributed by atoms with van der Waals surface area (Å²) < 4.78 is 0. The number of hydrogen-bond donors (Lipinski definition) is 1. The Labute approximate surface area is 67.4 Å². The van der Waals surface area contributed by atoms with Crippen molar-refractivity contribution in [3.8, 4) is 12.3 Å². The lowest BCUT2D eigenvalue weighted by Crippen LogP contribution is -1.99. The number of terminal acetylenes is 1. The first-order valence-electron chi connectivity index (χ1n) is 3.66. The third-order valence-corrected chi connectivity index (χ3v) is 1.37. The Balaban J connectivity index is 2.35. The van der Waals surface area contributed by atoms with Crippen molar-refractivity contribution >= 4 is 5.69 Å². The fraction of sp³-hybridized carbons (Fsp3) is 0.200. The zero-order valence-electron chi connectivity index (χ0n) is 6.38. The molecule has 1 heteroatoms. The van der Waals surface area contributed by atoms with E-state index in [0.717, 1.165) is 18.7 Å². The summed E-state index contributed by atoms with van der Waals surface area (Å²) in [5.74, 6) is 2.58. The van der Waals surface area contributed by atoms with E-state index in [-0.39, 0.29) is 0 Å². The van der Waals surface area contributed by atoms with Gasteiger partial charge in [-0.25, -0.2) is 0 Å². The maximum Gasteiger partial charge on any atom is 0.0340 e. The fourth-order valence-corrected chi connectivity index (χ4v) is 0.835. The molecule has 0 saturated heterocycles. The zero-order chi connectivity index (χ0) is 7.94. The molecule has 1 N–H and O–H groups in total. The topological polar surface area (TPSA) is 12.0 Å². The maximum atomic E-state index is 5.10. The monoisotopic (exact) mass is 145 g/mol. The normalized spacial score (nSPS) is 8.64. The quantitative estimate of drug-likeness (QED) is 0.507. The van der Waals surface area contributed by atoms with Crippen molar-refractivity contribution in [3.63, 3.8) is 0 Å². The predicted molar refractivity (Wildman–Crippen MR) is 48.4 cm³/mol. The van der Waals surface area contributed by atoms with Crippen molar-refractivity contribution in [2.45, 2.75) is 6.42 Å². The molecule has 0 bridgehead atoms. The van der Waals surface area contributed by atoms with E-state index in [1.165, 1.54) is 0 Å². The molecule has 0 aliphatic rings. The van der Waals surface area contributed by atoms with Gasteiger partial charge in [0.1, 0.15) is 0 Å². The molecule has 0 aliphatic carbocycles. The standard InChI is InChI=1S/C10H11N/c1-2-3-9-11-10-7-5-4-6-8-10/h1,4-8,11H,3,9H2. The molecule has 56 valence electrons. The molecule has 0 heterocycles.